The number of ether oxygens (including phenoxy) is 2. The Morgan fingerprint density at radius 3 is 1.55 bits per heavy atom. The Morgan fingerprint density at radius 1 is 0.773 bits per heavy atom. The highest BCUT2D eigenvalue weighted by Gasteiger charge is 2.10. The van der Waals surface area contributed by atoms with E-state index in [1.54, 1.807) is 0 Å². The van der Waals surface area contributed by atoms with Crippen LogP contribution in [-0.2, 0) is 9.47 Å². The molecule has 0 atom stereocenters. The van der Waals surface area contributed by atoms with Crippen molar-refractivity contribution in [2.24, 2.45) is 0 Å². The van der Waals surface area contributed by atoms with Crippen LogP contribution in [0.25, 0.3) is 0 Å². The third kappa shape index (κ3) is 4.24. The fourth-order valence-corrected chi connectivity index (χ4v) is 1.70. The van der Waals surface area contributed by atoms with Gasteiger partial charge in [-0.05, 0) is 36.4 Å². The third-order valence-corrected chi connectivity index (χ3v) is 2.71. The minimum absolute atomic E-state index is 0.0373. The first kappa shape index (κ1) is 15.4. The van der Waals surface area contributed by atoms with Crippen molar-refractivity contribution in [1.82, 2.24) is 0 Å². The van der Waals surface area contributed by atoms with Gasteiger partial charge in [0.15, 0.2) is 0 Å². The lowest BCUT2D eigenvalue weighted by atomic mass is 10.2. The number of carbonyl (C=O) groups is 2. The molecule has 0 amide bonds. The van der Waals surface area contributed by atoms with E-state index in [2.05, 4.69) is 0 Å². The molecule has 0 aliphatic heterocycles. The molecule has 0 unspecified atom stereocenters. The van der Waals surface area contributed by atoms with Crippen LogP contribution in [-0.4, -0.2) is 35.4 Å². The van der Waals surface area contributed by atoms with Crippen LogP contribution < -0.4 is 0 Å². The van der Waals surface area contributed by atoms with Crippen LogP contribution in [0.2, 0.25) is 0 Å². The summed E-state index contributed by atoms with van der Waals surface area (Å²) in [6.45, 7) is -0.224. The van der Waals surface area contributed by atoms with Crippen molar-refractivity contribution < 1.29 is 29.3 Å². The number of rotatable bonds is 5. The van der Waals surface area contributed by atoms with Gasteiger partial charge in [-0.15, -0.1) is 0 Å². The van der Waals surface area contributed by atoms with Gasteiger partial charge in [-0.3, -0.25) is 0 Å². The molecule has 2 aromatic carbocycles. The van der Waals surface area contributed by atoms with Crippen LogP contribution in [0.1, 0.15) is 20.7 Å². The van der Waals surface area contributed by atoms with Crippen molar-refractivity contribution in [3.63, 3.8) is 0 Å². The summed E-state index contributed by atoms with van der Waals surface area (Å²) >= 11 is 0. The van der Waals surface area contributed by atoms with Crippen LogP contribution >= 0.6 is 0 Å². The van der Waals surface area contributed by atoms with Gasteiger partial charge in [-0.2, -0.15) is 0 Å². The largest absolute Gasteiger partial charge is 0.508 e. The van der Waals surface area contributed by atoms with Gasteiger partial charge in [-0.1, -0.05) is 12.1 Å². The number of carbonyl (C=O) groups excluding carboxylic acids is 2. The molecule has 2 aromatic rings. The van der Waals surface area contributed by atoms with Crippen LogP contribution in [0, 0.1) is 0 Å². The average Bonchev–Trinajstić information content (AvgIpc) is 2.51. The topological polar surface area (TPSA) is 93.1 Å². The number of hydrogen-bond donors (Lipinski definition) is 2. The van der Waals surface area contributed by atoms with Crippen molar-refractivity contribution in [3.05, 3.63) is 59.7 Å². The lowest BCUT2D eigenvalue weighted by Gasteiger charge is -2.07. The molecule has 0 heterocycles. The maximum absolute atomic E-state index is 11.6. The van der Waals surface area contributed by atoms with E-state index >= 15 is 0 Å². The van der Waals surface area contributed by atoms with E-state index in [1.807, 2.05) is 0 Å². The van der Waals surface area contributed by atoms with Crippen molar-refractivity contribution in [2.75, 3.05) is 13.2 Å². The maximum Gasteiger partial charge on any atom is 0.338 e. The second kappa shape index (κ2) is 7.12. The summed E-state index contributed by atoms with van der Waals surface area (Å²) in [7, 11) is 0. The average molecular weight is 302 g/mol. The standard InChI is InChI=1S/C16H14O6/c17-13-5-1-3-11(9-13)15(19)21-7-8-22-16(20)12-4-2-6-14(18)10-12/h1-6,9-10,17-18H,7-8H2. The molecule has 0 spiro atoms. The highest BCUT2D eigenvalue weighted by Crippen LogP contribution is 2.13. The van der Waals surface area contributed by atoms with Crippen LogP contribution in [0.5, 0.6) is 11.5 Å². The molecule has 6 heteroatoms. The Balaban J connectivity index is 1.77. The Kier molecular flexibility index (Phi) is 4.98. The molecular weight excluding hydrogens is 288 g/mol. The van der Waals surface area contributed by atoms with Crippen molar-refractivity contribution in [2.45, 2.75) is 0 Å². The minimum Gasteiger partial charge on any atom is -0.508 e. The van der Waals surface area contributed by atoms with E-state index in [9.17, 15) is 19.8 Å². The Labute approximate surface area is 126 Å². The van der Waals surface area contributed by atoms with E-state index in [0.29, 0.717) is 0 Å². The van der Waals surface area contributed by atoms with Crippen LogP contribution in [0.15, 0.2) is 48.5 Å². The highest BCUT2D eigenvalue weighted by molar-refractivity contribution is 5.90. The van der Waals surface area contributed by atoms with Gasteiger partial charge in [0.1, 0.15) is 24.7 Å². The zero-order chi connectivity index (χ0) is 15.9. The summed E-state index contributed by atoms with van der Waals surface area (Å²) in [5, 5.41) is 18.5. The summed E-state index contributed by atoms with van der Waals surface area (Å²) < 4.78 is 9.83. The second-order valence-corrected chi connectivity index (χ2v) is 4.37. The molecule has 2 N–H and O–H groups in total. The predicted octanol–water partition coefficient (Wildman–Crippen LogP) is 2.11. The monoisotopic (exact) mass is 302 g/mol. The molecular formula is C16H14O6. The van der Waals surface area contributed by atoms with Gasteiger partial charge < -0.3 is 19.7 Å². The van der Waals surface area contributed by atoms with Gasteiger partial charge in [-0.25, -0.2) is 9.59 Å². The molecule has 0 saturated heterocycles. The first-order valence-corrected chi connectivity index (χ1v) is 6.48. The number of esters is 2. The van der Waals surface area contributed by atoms with Gasteiger partial charge in [0.05, 0.1) is 11.1 Å². The summed E-state index contributed by atoms with van der Waals surface area (Å²) in [5.41, 5.74) is 0.415. The number of benzene rings is 2. The fourth-order valence-electron chi connectivity index (χ4n) is 1.70. The van der Waals surface area contributed by atoms with E-state index in [4.69, 9.17) is 9.47 Å². The number of hydrogen-bond acceptors (Lipinski definition) is 6. The van der Waals surface area contributed by atoms with Crippen molar-refractivity contribution in [3.8, 4) is 11.5 Å². The predicted molar refractivity (Wildman–Crippen MR) is 76.8 cm³/mol. The molecule has 2 rings (SSSR count). The van der Waals surface area contributed by atoms with Gasteiger partial charge in [0, 0.05) is 0 Å². The number of phenolic OH excluding ortho intramolecular Hbond substituents is 2. The first-order valence-electron chi connectivity index (χ1n) is 6.48. The fraction of sp³-hybridized carbons (Fsp3) is 0.125. The summed E-state index contributed by atoms with van der Waals surface area (Å²) in [5.74, 6) is -1.32. The second-order valence-electron chi connectivity index (χ2n) is 4.37. The molecule has 0 aromatic heterocycles. The molecule has 0 saturated carbocycles. The molecule has 0 aliphatic rings. The van der Waals surface area contributed by atoms with Crippen molar-refractivity contribution in [1.29, 1.82) is 0 Å². The quantitative estimate of drug-likeness (QED) is 0.649. The lowest BCUT2D eigenvalue weighted by Crippen LogP contribution is -2.14. The molecule has 114 valence electrons. The van der Waals surface area contributed by atoms with E-state index in [0.717, 1.165) is 0 Å². The number of aromatic hydroxyl groups is 2. The SMILES string of the molecule is O=C(OCCOC(=O)c1cccc(O)c1)c1cccc(O)c1. The third-order valence-electron chi connectivity index (χ3n) is 2.71. The summed E-state index contributed by atoms with van der Waals surface area (Å²) in [4.78, 5) is 23.3. The smallest absolute Gasteiger partial charge is 0.338 e. The zero-order valence-corrected chi connectivity index (χ0v) is 11.6. The van der Waals surface area contributed by atoms with E-state index in [-0.39, 0.29) is 35.8 Å². The van der Waals surface area contributed by atoms with E-state index in [1.165, 1.54) is 48.5 Å². The van der Waals surface area contributed by atoms with Gasteiger partial charge in [0.25, 0.3) is 0 Å². The molecule has 22 heavy (non-hydrogen) atoms. The maximum atomic E-state index is 11.6. The van der Waals surface area contributed by atoms with Crippen molar-refractivity contribution >= 4 is 11.9 Å². The Hall–Kier alpha value is -3.02. The van der Waals surface area contributed by atoms with Gasteiger partial charge in [0.2, 0.25) is 0 Å². The Bertz CT molecular complexity index is 620. The van der Waals surface area contributed by atoms with Crippen LogP contribution in [0.3, 0.4) is 0 Å². The molecule has 0 bridgehead atoms. The van der Waals surface area contributed by atoms with E-state index < -0.39 is 11.9 Å². The lowest BCUT2D eigenvalue weighted by molar-refractivity contribution is 0.0265. The normalized spacial score (nSPS) is 10.0. The highest BCUT2D eigenvalue weighted by atomic mass is 16.6. The van der Waals surface area contributed by atoms with Crippen LogP contribution in [0.4, 0.5) is 0 Å². The number of phenols is 2. The minimum atomic E-state index is -0.621. The Morgan fingerprint density at radius 2 is 1.18 bits per heavy atom. The van der Waals surface area contributed by atoms with Gasteiger partial charge >= 0.3 is 11.9 Å². The molecule has 6 nitrogen and oxygen atoms in total. The molecule has 0 fully saturated rings. The summed E-state index contributed by atoms with van der Waals surface area (Å²) in [6.07, 6.45) is 0. The first-order chi connectivity index (χ1) is 10.6. The zero-order valence-electron chi connectivity index (χ0n) is 11.6. The molecule has 0 aliphatic carbocycles. The molecule has 0 radical (unpaired) electrons. The summed E-state index contributed by atoms with van der Waals surface area (Å²) in [6, 6.07) is 11.5.